The van der Waals surface area contributed by atoms with Crippen molar-refractivity contribution < 1.29 is 13.5 Å². The van der Waals surface area contributed by atoms with Crippen molar-refractivity contribution in [2.45, 2.75) is 18.7 Å². The van der Waals surface area contributed by atoms with Gasteiger partial charge in [-0.3, -0.25) is 4.72 Å². The molecule has 2 aromatic rings. The first-order valence-electron chi connectivity index (χ1n) is 5.88. The van der Waals surface area contributed by atoms with E-state index >= 15 is 0 Å². The van der Waals surface area contributed by atoms with Gasteiger partial charge >= 0.3 is 0 Å². The lowest BCUT2D eigenvalue weighted by molar-refractivity contribution is 0.467. The van der Waals surface area contributed by atoms with E-state index in [0.29, 0.717) is 21.8 Å². The van der Waals surface area contributed by atoms with Crippen LogP contribution in [0.15, 0.2) is 41.3 Å². The standard InChI is InChI=1S/C14H14ClNO3S/c1-9-7-12(8-10(2)14(9)17)16-20(18,19)13-5-3-11(15)4-6-13/h3-8,16-17H,1-2H3. The highest BCUT2D eigenvalue weighted by atomic mass is 35.5. The molecule has 0 heterocycles. The van der Waals surface area contributed by atoms with Crippen LogP contribution in [0.2, 0.25) is 5.02 Å². The molecule has 106 valence electrons. The molecule has 0 radical (unpaired) electrons. The van der Waals surface area contributed by atoms with Crippen molar-refractivity contribution in [3.63, 3.8) is 0 Å². The molecule has 0 aliphatic carbocycles. The second-order valence-corrected chi connectivity index (χ2v) is 6.64. The molecule has 2 rings (SSSR count). The van der Waals surface area contributed by atoms with E-state index in [2.05, 4.69) is 4.72 Å². The van der Waals surface area contributed by atoms with E-state index in [4.69, 9.17) is 11.6 Å². The van der Waals surface area contributed by atoms with Crippen molar-refractivity contribution in [2.24, 2.45) is 0 Å². The summed E-state index contributed by atoms with van der Waals surface area (Å²) in [5.41, 5.74) is 1.63. The largest absolute Gasteiger partial charge is 0.507 e. The molecular weight excluding hydrogens is 298 g/mol. The lowest BCUT2D eigenvalue weighted by Gasteiger charge is -2.11. The third kappa shape index (κ3) is 3.05. The van der Waals surface area contributed by atoms with Crippen LogP contribution >= 0.6 is 11.6 Å². The van der Waals surface area contributed by atoms with Crippen molar-refractivity contribution >= 4 is 27.3 Å². The monoisotopic (exact) mass is 311 g/mol. The number of nitrogens with one attached hydrogen (secondary N) is 1. The summed E-state index contributed by atoms with van der Waals surface area (Å²) in [5, 5.41) is 10.2. The number of aryl methyl sites for hydroxylation is 2. The molecule has 0 unspecified atom stereocenters. The van der Waals surface area contributed by atoms with Crippen molar-refractivity contribution in [3.05, 3.63) is 52.5 Å². The maximum atomic E-state index is 12.2. The summed E-state index contributed by atoms with van der Waals surface area (Å²) in [5.74, 6) is 0.166. The van der Waals surface area contributed by atoms with E-state index in [1.807, 2.05) is 0 Å². The fourth-order valence-corrected chi connectivity index (χ4v) is 3.01. The summed E-state index contributed by atoms with van der Waals surface area (Å²) < 4.78 is 26.9. The molecule has 0 aliphatic rings. The van der Waals surface area contributed by atoms with E-state index in [0.717, 1.165) is 0 Å². The Kier molecular flexibility index (Phi) is 3.92. The highest BCUT2D eigenvalue weighted by Gasteiger charge is 2.15. The van der Waals surface area contributed by atoms with Gasteiger partial charge < -0.3 is 5.11 Å². The molecule has 0 amide bonds. The third-order valence-corrected chi connectivity index (χ3v) is 4.52. The Bertz CT molecular complexity index is 717. The van der Waals surface area contributed by atoms with Crippen LogP contribution < -0.4 is 4.72 Å². The summed E-state index contributed by atoms with van der Waals surface area (Å²) in [4.78, 5) is 0.130. The Morgan fingerprint density at radius 2 is 1.55 bits per heavy atom. The zero-order chi connectivity index (χ0) is 14.9. The molecule has 4 nitrogen and oxygen atoms in total. The van der Waals surface area contributed by atoms with E-state index in [1.165, 1.54) is 24.3 Å². The first-order chi connectivity index (χ1) is 9.29. The number of rotatable bonds is 3. The maximum absolute atomic E-state index is 12.2. The Hall–Kier alpha value is -1.72. The van der Waals surface area contributed by atoms with Gasteiger partial charge in [-0.2, -0.15) is 0 Å². The van der Waals surface area contributed by atoms with Crippen LogP contribution in [0.4, 0.5) is 5.69 Å². The highest BCUT2D eigenvalue weighted by molar-refractivity contribution is 7.92. The Labute approximate surface area is 123 Å². The zero-order valence-corrected chi connectivity index (χ0v) is 12.6. The summed E-state index contributed by atoms with van der Waals surface area (Å²) >= 11 is 5.74. The summed E-state index contributed by atoms with van der Waals surface area (Å²) in [7, 11) is -3.67. The molecule has 0 atom stereocenters. The summed E-state index contributed by atoms with van der Waals surface area (Å²) in [6.07, 6.45) is 0. The predicted molar refractivity (Wildman–Crippen MR) is 79.8 cm³/mol. The lowest BCUT2D eigenvalue weighted by Crippen LogP contribution is -2.13. The Morgan fingerprint density at radius 1 is 1.05 bits per heavy atom. The van der Waals surface area contributed by atoms with Crippen molar-refractivity contribution in [1.29, 1.82) is 0 Å². The highest BCUT2D eigenvalue weighted by Crippen LogP contribution is 2.27. The average molecular weight is 312 g/mol. The number of anilines is 1. The van der Waals surface area contributed by atoms with E-state index in [9.17, 15) is 13.5 Å². The number of hydrogen-bond donors (Lipinski definition) is 2. The van der Waals surface area contributed by atoms with Gasteiger partial charge in [0.25, 0.3) is 10.0 Å². The van der Waals surface area contributed by atoms with Gasteiger partial charge in [0, 0.05) is 10.7 Å². The summed E-state index contributed by atoms with van der Waals surface area (Å²) in [6.45, 7) is 3.42. The van der Waals surface area contributed by atoms with E-state index in [1.54, 1.807) is 26.0 Å². The zero-order valence-electron chi connectivity index (χ0n) is 11.0. The quantitative estimate of drug-likeness (QED) is 0.853. The maximum Gasteiger partial charge on any atom is 0.261 e. The molecule has 6 heteroatoms. The summed E-state index contributed by atoms with van der Waals surface area (Å²) in [6, 6.07) is 9.06. The molecule has 0 fully saturated rings. The molecular formula is C14H14ClNO3S. The first-order valence-corrected chi connectivity index (χ1v) is 7.74. The molecule has 0 saturated carbocycles. The molecule has 0 bridgehead atoms. The number of halogens is 1. The lowest BCUT2D eigenvalue weighted by atomic mass is 10.1. The Morgan fingerprint density at radius 3 is 2.05 bits per heavy atom. The SMILES string of the molecule is Cc1cc(NS(=O)(=O)c2ccc(Cl)cc2)cc(C)c1O. The van der Waals surface area contributed by atoms with E-state index < -0.39 is 10.0 Å². The Balaban J connectivity index is 2.36. The average Bonchev–Trinajstić information content (AvgIpc) is 2.36. The van der Waals surface area contributed by atoms with Gasteiger partial charge in [-0.1, -0.05) is 11.6 Å². The van der Waals surface area contributed by atoms with Gasteiger partial charge in [0.05, 0.1) is 4.90 Å². The van der Waals surface area contributed by atoms with Crippen molar-refractivity contribution in [1.82, 2.24) is 0 Å². The van der Waals surface area contributed by atoms with Gasteiger partial charge in [0.2, 0.25) is 0 Å². The topological polar surface area (TPSA) is 66.4 Å². The van der Waals surface area contributed by atoms with Gasteiger partial charge in [0.1, 0.15) is 5.75 Å². The van der Waals surface area contributed by atoms with Crippen molar-refractivity contribution in [3.8, 4) is 5.75 Å². The normalized spacial score (nSPS) is 11.3. The molecule has 0 saturated heterocycles. The fourth-order valence-electron chi connectivity index (χ4n) is 1.84. The van der Waals surface area contributed by atoms with Gasteiger partial charge in [0.15, 0.2) is 0 Å². The van der Waals surface area contributed by atoms with Crippen LogP contribution in [0.25, 0.3) is 0 Å². The number of benzene rings is 2. The van der Waals surface area contributed by atoms with Gasteiger partial charge in [-0.25, -0.2) is 8.42 Å². The minimum Gasteiger partial charge on any atom is -0.507 e. The van der Waals surface area contributed by atoms with Crippen LogP contribution in [-0.4, -0.2) is 13.5 Å². The minimum absolute atomic E-state index is 0.130. The molecule has 0 aliphatic heterocycles. The predicted octanol–water partition coefficient (Wildman–Crippen LogP) is 3.46. The van der Waals surface area contributed by atoms with Crippen molar-refractivity contribution in [2.75, 3.05) is 4.72 Å². The van der Waals surface area contributed by atoms with Crippen LogP contribution in [0.3, 0.4) is 0 Å². The first kappa shape index (κ1) is 14.7. The van der Waals surface area contributed by atoms with Crippen LogP contribution in [0.1, 0.15) is 11.1 Å². The molecule has 0 aromatic heterocycles. The second-order valence-electron chi connectivity index (χ2n) is 4.52. The number of phenols is 1. The molecule has 2 aromatic carbocycles. The van der Waals surface area contributed by atoms with Crippen LogP contribution in [-0.2, 0) is 10.0 Å². The molecule has 0 spiro atoms. The van der Waals surface area contributed by atoms with Crippen LogP contribution in [0.5, 0.6) is 5.75 Å². The number of sulfonamides is 1. The fraction of sp³-hybridized carbons (Fsp3) is 0.143. The van der Waals surface area contributed by atoms with E-state index in [-0.39, 0.29) is 10.6 Å². The van der Waals surface area contributed by atoms with Gasteiger partial charge in [-0.15, -0.1) is 0 Å². The number of aromatic hydroxyl groups is 1. The minimum atomic E-state index is -3.67. The van der Waals surface area contributed by atoms with Gasteiger partial charge in [-0.05, 0) is 61.4 Å². The third-order valence-electron chi connectivity index (χ3n) is 2.87. The second kappa shape index (κ2) is 5.34. The van der Waals surface area contributed by atoms with Crippen LogP contribution in [0, 0.1) is 13.8 Å². The molecule has 20 heavy (non-hydrogen) atoms. The number of phenolic OH excluding ortho intramolecular Hbond substituents is 1. The number of hydrogen-bond acceptors (Lipinski definition) is 3. The smallest absolute Gasteiger partial charge is 0.261 e. The molecule has 2 N–H and O–H groups in total.